The van der Waals surface area contributed by atoms with Crippen molar-refractivity contribution in [2.45, 2.75) is 13.5 Å². The number of carbonyl (C=O) groups excluding carboxylic acids is 1. The van der Waals surface area contributed by atoms with Gasteiger partial charge in [-0.05, 0) is 24.6 Å². The first-order valence-electron chi connectivity index (χ1n) is 6.44. The lowest BCUT2D eigenvalue weighted by Crippen LogP contribution is -2.22. The van der Waals surface area contributed by atoms with E-state index in [4.69, 9.17) is 8.94 Å². The van der Waals surface area contributed by atoms with Gasteiger partial charge >= 0.3 is 0 Å². The molecule has 1 aromatic carbocycles. The Hall–Kier alpha value is -2.89. The summed E-state index contributed by atoms with van der Waals surface area (Å²) < 4.78 is 10.1. The number of aryl methyl sites for hydroxylation is 1. The Bertz CT molecular complexity index is 747. The van der Waals surface area contributed by atoms with Crippen LogP contribution in [0.25, 0.3) is 11.4 Å². The van der Waals surface area contributed by atoms with Gasteiger partial charge in [-0.15, -0.1) is 0 Å². The summed E-state index contributed by atoms with van der Waals surface area (Å²) in [4.78, 5) is 16.0. The molecule has 0 radical (unpaired) electrons. The number of furan rings is 1. The first-order chi connectivity index (χ1) is 10.2. The minimum Gasteiger partial charge on any atom is -0.459 e. The average molecular weight is 283 g/mol. The highest BCUT2D eigenvalue weighted by Crippen LogP contribution is 2.19. The molecule has 21 heavy (non-hydrogen) atoms. The summed E-state index contributed by atoms with van der Waals surface area (Å²) in [5.41, 5.74) is 1.97. The van der Waals surface area contributed by atoms with Crippen molar-refractivity contribution in [1.82, 2.24) is 15.5 Å². The number of hydrogen-bond donors (Lipinski definition) is 1. The van der Waals surface area contributed by atoms with E-state index in [0.29, 0.717) is 11.7 Å². The highest BCUT2D eigenvalue weighted by molar-refractivity contribution is 5.91. The fraction of sp³-hybridized carbons (Fsp3) is 0.133. The number of carbonyl (C=O) groups is 1. The molecule has 2 aromatic heterocycles. The van der Waals surface area contributed by atoms with Gasteiger partial charge in [0.25, 0.3) is 5.91 Å². The zero-order valence-electron chi connectivity index (χ0n) is 11.4. The van der Waals surface area contributed by atoms with Crippen LogP contribution in [0.4, 0.5) is 0 Å². The van der Waals surface area contributed by atoms with Crippen LogP contribution in [-0.2, 0) is 6.54 Å². The molecule has 6 heteroatoms. The monoisotopic (exact) mass is 283 g/mol. The van der Waals surface area contributed by atoms with Crippen LogP contribution in [0.15, 0.2) is 51.6 Å². The zero-order chi connectivity index (χ0) is 14.7. The zero-order valence-corrected chi connectivity index (χ0v) is 11.4. The van der Waals surface area contributed by atoms with Gasteiger partial charge in [0.1, 0.15) is 0 Å². The van der Waals surface area contributed by atoms with Crippen LogP contribution in [0.2, 0.25) is 0 Å². The SMILES string of the molecule is Cc1ccccc1-c1noc(CNC(=O)c2ccco2)n1. The largest absolute Gasteiger partial charge is 0.459 e. The van der Waals surface area contributed by atoms with Crippen molar-refractivity contribution in [3.05, 3.63) is 59.9 Å². The molecular formula is C15H13N3O3. The minimum atomic E-state index is -0.323. The first kappa shape index (κ1) is 13.1. The third-order valence-corrected chi connectivity index (χ3v) is 3.00. The minimum absolute atomic E-state index is 0.151. The molecule has 0 aliphatic carbocycles. The van der Waals surface area contributed by atoms with E-state index in [1.165, 1.54) is 6.26 Å². The van der Waals surface area contributed by atoms with Gasteiger partial charge in [0, 0.05) is 5.56 Å². The maximum Gasteiger partial charge on any atom is 0.287 e. The second-order valence-corrected chi connectivity index (χ2v) is 4.49. The molecule has 0 fully saturated rings. The van der Waals surface area contributed by atoms with Gasteiger partial charge in [0.2, 0.25) is 11.7 Å². The predicted molar refractivity (Wildman–Crippen MR) is 74.3 cm³/mol. The second kappa shape index (κ2) is 5.62. The highest BCUT2D eigenvalue weighted by atomic mass is 16.5. The number of nitrogens with one attached hydrogen (secondary N) is 1. The third kappa shape index (κ3) is 2.84. The number of hydrogen-bond acceptors (Lipinski definition) is 5. The van der Waals surface area contributed by atoms with Gasteiger partial charge in [-0.1, -0.05) is 29.4 Å². The molecule has 0 aliphatic heterocycles. The predicted octanol–water partition coefficient (Wildman–Crippen LogP) is 2.57. The summed E-state index contributed by atoms with van der Waals surface area (Å²) >= 11 is 0. The second-order valence-electron chi connectivity index (χ2n) is 4.49. The summed E-state index contributed by atoms with van der Waals surface area (Å²) in [6.07, 6.45) is 1.44. The summed E-state index contributed by atoms with van der Waals surface area (Å²) in [6, 6.07) is 11.0. The summed E-state index contributed by atoms with van der Waals surface area (Å²) in [7, 11) is 0. The maximum atomic E-state index is 11.7. The quantitative estimate of drug-likeness (QED) is 0.795. The van der Waals surface area contributed by atoms with Crippen LogP contribution < -0.4 is 5.32 Å². The standard InChI is InChI=1S/C15H13N3O3/c1-10-5-2-3-6-11(10)14-17-13(21-18-14)9-16-15(19)12-7-4-8-20-12/h2-8H,9H2,1H3,(H,16,19). The van der Waals surface area contributed by atoms with Crippen molar-refractivity contribution < 1.29 is 13.7 Å². The number of aromatic nitrogens is 2. The molecular weight excluding hydrogens is 270 g/mol. The Labute approximate surface area is 120 Å². The van der Waals surface area contributed by atoms with E-state index < -0.39 is 0 Å². The van der Waals surface area contributed by atoms with E-state index in [1.807, 2.05) is 31.2 Å². The van der Waals surface area contributed by atoms with Crippen LogP contribution in [0.5, 0.6) is 0 Å². The van der Waals surface area contributed by atoms with E-state index in [1.54, 1.807) is 12.1 Å². The molecule has 3 rings (SSSR count). The number of nitrogens with zero attached hydrogens (tertiary/aromatic N) is 2. The van der Waals surface area contributed by atoms with Crippen LogP contribution in [0.1, 0.15) is 22.0 Å². The molecule has 0 aliphatic rings. The van der Waals surface area contributed by atoms with Crippen LogP contribution in [0, 0.1) is 6.92 Å². The number of rotatable bonds is 4. The average Bonchev–Trinajstić information content (AvgIpc) is 3.17. The lowest BCUT2D eigenvalue weighted by Gasteiger charge is -1.99. The summed E-state index contributed by atoms with van der Waals surface area (Å²) in [6.45, 7) is 2.13. The lowest BCUT2D eigenvalue weighted by atomic mass is 10.1. The molecule has 1 N–H and O–H groups in total. The van der Waals surface area contributed by atoms with Crippen molar-refractivity contribution >= 4 is 5.91 Å². The van der Waals surface area contributed by atoms with Crippen molar-refractivity contribution in [3.8, 4) is 11.4 Å². The maximum absolute atomic E-state index is 11.7. The highest BCUT2D eigenvalue weighted by Gasteiger charge is 2.13. The van der Waals surface area contributed by atoms with Gasteiger partial charge < -0.3 is 14.3 Å². The molecule has 3 aromatic rings. The molecule has 106 valence electrons. The van der Waals surface area contributed by atoms with Gasteiger partial charge in [0.05, 0.1) is 12.8 Å². The van der Waals surface area contributed by atoms with E-state index in [9.17, 15) is 4.79 Å². The molecule has 0 atom stereocenters. The Kier molecular flexibility index (Phi) is 3.51. The Morgan fingerprint density at radius 3 is 2.86 bits per heavy atom. The van der Waals surface area contributed by atoms with Crippen LogP contribution in [-0.4, -0.2) is 16.0 Å². The van der Waals surface area contributed by atoms with Crippen molar-refractivity contribution in [2.75, 3.05) is 0 Å². The van der Waals surface area contributed by atoms with Crippen molar-refractivity contribution in [1.29, 1.82) is 0 Å². The fourth-order valence-corrected chi connectivity index (χ4v) is 1.91. The molecule has 6 nitrogen and oxygen atoms in total. The Balaban J connectivity index is 1.69. The van der Waals surface area contributed by atoms with Gasteiger partial charge in [-0.2, -0.15) is 4.98 Å². The number of benzene rings is 1. The van der Waals surface area contributed by atoms with E-state index >= 15 is 0 Å². The van der Waals surface area contributed by atoms with Gasteiger partial charge in [-0.25, -0.2) is 0 Å². The molecule has 0 saturated carbocycles. The Morgan fingerprint density at radius 1 is 1.24 bits per heavy atom. The van der Waals surface area contributed by atoms with Gasteiger partial charge in [0.15, 0.2) is 5.76 Å². The normalized spacial score (nSPS) is 10.5. The molecule has 2 heterocycles. The van der Waals surface area contributed by atoms with E-state index in [-0.39, 0.29) is 18.2 Å². The van der Waals surface area contributed by atoms with E-state index in [0.717, 1.165) is 11.1 Å². The Morgan fingerprint density at radius 2 is 2.10 bits per heavy atom. The molecule has 0 unspecified atom stereocenters. The lowest BCUT2D eigenvalue weighted by molar-refractivity contribution is 0.0918. The molecule has 0 spiro atoms. The van der Waals surface area contributed by atoms with Gasteiger partial charge in [-0.3, -0.25) is 4.79 Å². The smallest absolute Gasteiger partial charge is 0.287 e. The van der Waals surface area contributed by atoms with Crippen molar-refractivity contribution in [2.24, 2.45) is 0 Å². The first-order valence-corrected chi connectivity index (χ1v) is 6.44. The molecule has 0 saturated heterocycles. The molecule has 1 amide bonds. The third-order valence-electron chi connectivity index (χ3n) is 3.00. The number of amides is 1. The van der Waals surface area contributed by atoms with E-state index in [2.05, 4.69) is 15.5 Å². The summed E-state index contributed by atoms with van der Waals surface area (Å²) in [5, 5.41) is 6.58. The van der Waals surface area contributed by atoms with Crippen LogP contribution in [0.3, 0.4) is 0 Å². The fourth-order valence-electron chi connectivity index (χ4n) is 1.91. The molecule has 0 bridgehead atoms. The van der Waals surface area contributed by atoms with Crippen molar-refractivity contribution in [3.63, 3.8) is 0 Å². The topological polar surface area (TPSA) is 81.2 Å². The van der Waals surface area contributed by atoms with Crippen LogP contribution >= 0.6 is 0 Å². The summed E-state index contributed by atoms with van der Waals surface area (Å²) in [5.74, 6) is 0.771.